The van der Waals surface area contributed by atoms with E-state index in [-0.39, 0.29) is 18.9 Å². The van der Waals surface area contributed by atoms with E-state index in [1.807, 2.05) is 32.0 Å². The van der Waals surface area contributed by atoms with Gasteiger partial charge in [0.15, 0.2) is 0 Å². The molecule has 1 aliphatic rings. The van der Waals surface area contributed by atoms with Gasteiger partial charge in [0.2, 0.25) is 5.91 Å². The van der Waals surface area contributed by atoms with Crippen molar-refractivity contribution in [1.29, 1.82) is 0 Å². The number of carbonyl (C=O) groups is 2. The lowest BCUT2D eigenvalue weighted by Crippen LogP contribution is -2.25. The van der Waals surface area contributed by atoms with Crippen molar-refractivity contribution in [3.63, 3.8) is 0 Å². The number of aliphatic carboxylic acids is 1. The van der Waals surface area contributed by atoms with Crippen LogP contribution in [0.1, 0.15) is 17.5 Å². The first-order valence-corrected chi connectivity index (χ1v) is 7.82. The molecule has 0 bridgehead atoms. The SMILES string of the molecule is Cc1ccc(Oc2ccc(N3C[C@H](C(=O)O)CC3=O)cc2)cc1C. The van der Waals surface area contributed by atoms with Gasteiger partial charge >= 0.3 is 5.97 Å². The largest absolute Gasteiger partial charge is 0.481 e. The summed E-state index contributed by atoms with van der Waals surface area (Å²) in [6, 6.07) is 13.0. The van der Waals surface area contributed by atoms with E-state index in [1.165, 1.54) is 10.5 Å². The second kappa shape index (κ2) is 6.35. The Labute approximate surface area is 140 Å². The smallest absolute Gasteiger partial charge is 0.308 e. The van der Waals surface area contributed by atoms with Crippen molar-refractivity contribution in [1.82, 2.24) is 0 Å². The standard InChI is InChI=1S/C19H19NO4/c1-12-3-6-17(9-13(12)2)24-16-7-4-15(5-8-16)20-11-14(19(22)23)10-18(20)21/h3-9,14H,10-11H2,1-2H3,(H,22,23)/t14-/m1/s1. The summed E-state index contributed by atoms with van der Waals surface area (Å²) in [7, 11) is 0. The average Bonchev–Trinajstić information content (AvgIpc) is 2.94. The molecule has 1 N–H and O–H groups in total. The number of rotatable bonds is 4. The van der Waals surface area contributed by atoms with Gasteiger partial charge in [-0.15, -0.1) is 0 Å². The van der Waals surface area contributed by atoms with Gasteiger partial charge < -0.3 is 14.7 Å². The van der Waals surface area contributed by atoms with Crippen molar-refractivity contribution in [3.05, 3.63) is 53.6 Å². The molecular weight excluding hydrogens is 306 g/mol. The van der Waals surface area contributed by atoms with Gasteiger partial charge in [0.25, 0.3) is 0 Å². The second-order valence-electron chi connectivity index (χ2n) is 6.09. The van der Waals surface area contributed by atoms with Crippen LogP contribution in [-0.4, -0.2) is 23.5 Å². The minimum absolute atomic E-state index is 0.0518. The van der Waals surface area contributed by atoms with E-state index in [0.717, 1.165) is 11.3 Å². The van der Waals surface area contributed by atoms with Crippen molar-refractivity contribution in [3.8, 4) is 11.5 Å². The number of hydrogen-bond acceptors (Lipinski definition) is 3. The molecule has 0 unspecified atom stereocenters. The van der Waals surface area contributed by atoms with E-state index in [0.29, 0.717) is 11.4 Å². The third-order valence-corrected chi connectivity index (χ3v) is 4.34. The highest BCUT2D eigenvalue weighted by atomic mass is 16.5. The molecule has 1 atom stereocenters. The highest BCUT2D eigenvalue weighted by molar-refractivity contribution is 5.99. The summed E-state index contributed by atoms with van der Waals surface area (Å²) < 4.78 is 5.82. The van der Waals surface area contributed by atoms with Crippen LogP contribution >= 0.6 is 0 Å². The quantitative estimate of drug-likeness (QED) is 0.934. The van der Waals surface area contributed by atoms with Crippen LogP contribution in [0.15, 0.2) is 42.5 Å². The molecule has 0 aromatic heterocycles. The first-order valence-electron chi connectivity index (χ1n) is 7.82. The zero-order valence-corrected chi connectivity index (χ0v) is 13.7. The molecule has 0 spiro atoms. The van der Waals surface area contributed by atoms with Crippen LogP contribution in [0.3, 0.4) is 0 Å². The lowest BCUT2D eigenvalue weighted by atomic mass is 10.1. The maximum Gasteiger partial charge on any atom is 0.308 e. The Morgan fingerprint density at radius 3 is 2.33 bits per heavy atom. The highest BCUT2D eigenvalue weighted by Gasteiger charge is 2.34. The van der Waals surface area contributed by atoms with Crippen LogP contribution in [0, 0.1) is 19.8 Å². The molecule has 1 amide bonds. The number of hydrogen-bond donors (Lipinski definition) is 1. The van der Waals surface area contributed by atoms with Gasteiger partial charge in [0.1, 0.15) is 11.5 Å². The summed E-state index contributed by atoms with van der Waals surface area (Å²) in [5.41, 5.74) is 3.06. The number of nitrogens with zero attached hydrogens (tertiary/aromatic N) is 1. The number of anilines is 1. The normalized spacial score (nSPS) is 17.2. The van der Waals surface area contributed by atoms with Crippen LogP contribution in [0.5, 0.6) is 11.5 Å². The lowest BCUT2D eigenvalue weighted by molar-refractivity contribution is -0.141. The van der Waals surface area contributed by atoms with Gasteiger partial charge in [0.05, 0.1) is 5.92 Å². The molecule has 0 aliphatic carbocycles. The van der Waals surface area contributed by atoms with Crippen molar-refractivity contribution in [2.75, 3.05) is 11.4 Å². The summed E-state index contributed by atoms with van der Waals surface area (Å²) in [4.78, 5) is 24.5. The Morgan fingerprint density at radius 2 is 1.75 bits per heavy atom. The Kier molecular flexibility index (Phi) is 4.25. The highest BCUT2D eigenvalue weighted by Crippen LogP contribution is 2.29. The van der Waals surface area contributed by atoms with E-state index in [2.05, 4.69) is 0 Å². The van der Waals surface area contributed by atoms with Crippen molar-refractivity contribution < 1.29 is 19.4 Å². The van der Waals surface area contributed by atoms with E-state index in [4.69, 9.17) is 9.84 Å². The Balaban J connectivity index is 1.72. The van der Waals surface area contributed by atoms with Gasteiger partial charge in [-0.05, 0) is 61.4 Å². The third-order valence-electron chi connectivity index (χ3n) is 4.34. The Bertz CT molecular complexity index is 782. The minimum Gasteiger partial charge on any atom is -0.481 e. The number of ether oxygens (including phenoxy) is 1. The predicted molar refractivity (Wildman–Crippen MR) is 90.5 cm³/mol. The number of carboxylic acids is 1. The van der Waals surface area contributed by atoms with E-state index >= 15 is 0 Å². The fourth-order valence-electron chi connectivity index (χ4n) is 2.73. The van der Waals surface area contributed by atoms with Crippen LogP contribution in [-0.2, 0) is 9.59 Å². The topological polar surface area (TPSA) is 66.8 Å². The summed E-state index contributed by atoms with van der Waals surface area (Å²) in [5, 5.41) is 9.05. The van der Waals surface area contributed by atoms with Crippen molar-refractivity contribution >= 4 is 17.6 Å². The molecule has 1 aliphatic heterocycles. The van der Waals surface area contributed by atoms with Crippen molar-refractivity contribution in [2.24, 2.45) is 5.92 Å². The van der Waals surface area contributed by atoms with Gasteiger partial charge in [-0.1, -0.05) is 6.07 Å². The number of carboxylic acid groups (broad SMARTS) is 1. The maximum atomic E-state index is 12.0. The fraction of sp³-hybridized carbons (Fsp3) is 0.263. The number of carbonyl (C=O) groups excluding carboxylic acids is 1. The van der Waals surface area contributed by atoms with Crippen LogP contribution in [0.2, 0.25) is 0 Å². The minimum atomic E-state index is -0.930. The molecule has 2 aromatic carbocycles. The monoisotopic (exact) mass is 325 g/mol. The van der Waals surface area contributed by atoms with Gasteiger partial charge in [-0.3, -0.25) is 9.59 Å². The molecular formula is C19H19NO4. The number of benzene rings is 2. The first kappa shape index (κ1) is 16.1. The van der Waals surface area contributed by atoms with Gasteiger partial charge in [0, 0.05) is 18.7 Å². The molecule has 3 rings (SSSR count). The summed E-state index contributed by atoms with van der Waals surface area (Å²) in [6.07, 6.45) is 0.0518. The lowest BCUT2D eigenvalue weighted by Gasteiger charge is -2.16. The maximum absolute atomic E-state index is 12.0. The van der Waals surface area contributed by atoms with E-state index in [1.54, 1.807) is 24.3 Å². The van der Waals surface area contributed by atoms with Crippen LogP contribution in [0.25, 0.3) is 0 Å². The van der Waals surface area contributed by atoms with Gasteiger partial charge in [-0.25, -0.2) is 0 Å². The molecule has 1 saturated heterocycles. The molecule has 0 radical (unpaired) electrons. The summed E-state index contributed by atoms with van der Waals surface area (Å²) in [5.74, 6) is -0.299. The zero-order valence-electron chi connectivity index (χ0n) is 13.7. The number of amides is 1. The first-order chi connectivity index (χ1) is 11.4. The van der Waals surface area contributed by atoms with Crippen LogP contribution < -0.4 is 9.64 Å². The molecule has 1 heterocycles. The molecule has 5 heteroatoms. The summed E-state index contributed by atoms with van der Waals surface area (Å²) >= 11 is 0. The molecule has 124 valence electrons. The molecule has 24 heavy (non-hydrogen) atoms. The zero-order chi connectivity index (χ0) is 17.3. The molecule has 0 saturated carbocycles. The average molecular weight is 325 g/mol. The van der Waals surface area contributed by atoms with E-state index < -0.39 is 11.9 Å². The fourth-order valence-corrected chi connectivity index (χ4v) is 2.73. The molecule has 1 fully saturated rings. The van der Waals surface area contributed by atoms with Crippen molar-refractivity contribution in [2.45, 2.75) is 20.3 Å². The third kappa shape index (κ3) is 3.25. The van der Waals surface area contributed by atoms with Crippen LogP contribution in [0.4, 0.5) is 5.69 Å². The molecule has 2 aromatic rings. The van der Waals surface area contributed by atoms with Gasteiger partial charge in [-0.2, -0.15) is 0 Å². The van der Waals surface area contributed by atoms with E-state index in [9.17, 15) is 9.59 Å². The Hall–Kier alpha value is -2.82. The number of aryl methyl sites for hydroxylation is 2. The Morgan fingerprint density at radius 1 is 1.08 bits per heavy atom. The summed E-state index contributed by atoms with van der Waals surface area (Å²) in [6.45, 7) is 4.29. The predicted octanol–water partition coefficient (Wildman–Crippen LogP) is 3.53. The molecule has 5 nitrogen and oxygen atoms in total. The second-order valence-corrected chi connectivity index (χ2v) is 6.09.